The van der Waals surface area contributed by atoms with Gasteiger partial charge in [0.2, 0.25) is 0 Å². The fourth-order valence-corrected chi connectivity index (χ4v) is 5.12. The number of anilines is 1. The molecular formula is C23H27N3O. The summed E-state index contributed by atoms with van der Waals surface area (Å²) < 4.78 is 5.66. The maximum atomic E-state index is 5.66. The fraction of sp³-hybridized carbons (Fsp3) is 0.391. The molecule has 2 saturated heterocycles. The molecule has 2 aromatic rings. The second-order valence-corrected chi connectivity index (χ2v) is 8.25. The molecule has 3 heterocycles. The topological polar surface area (TPSA) is 19.0 Å². The first-order valence-electron chi connectivity index (χ1n) is 9.89. The van der Waals surface area contributed by atoms with Gasteiger partial charge in [-0.25, -0.2) is 0 Å². The highest BCUT2D eigenvalue weighted by atomic mass is 16.5. The van der Waals surface area contributed by atoms with Gasteiger partial charge < -0.3 is 4.74 Å². The van der Waals surface area contributed by atoms with Crippen LogP contribution in [0.25, 0.3) is 6.08 Å². The van der Waals surface area contributed by atoms with Crippen LogP contribution >= 0.6 is 0 Å². The van der Waals surface area contributed by atoms with E-state index in [0.717, 1.165) is 26.3 Å². The van der Waals surface area contributed by atoms with Crippen LogP contribution in [-0.4, -0.2) is 42.4 Å². The van der Waals surface area contributed by atoms with Crippen molar-refractivity contribution in [3.8, 4) is 0 Å². The molecule has 27 heavy (non-hydrogen) atoms. The Morgan fingerprint density at radius 1 is 0.926 bits per heavy atom. The number of nitrogens with zero attached hydrogens (tertiary/aromatic N) is 3. The molecule has 0 amide bonds. The molecule has 0 bridgehead atoms. The normalized spacial score (nSPS) is 26.7. The molecule has 0 radical (unpaired) electrons. The average Bonchev–Trinajstić information content (AvgIpc) is 2.96. The van der Waals surface area contributed by atoms with Crippen molar-refractivity contribution in [2.24, 2.45) is 5.41 Å². The van der Waals surface area contributed by atoms with Crippen molar-refractivity contribution in [1.29, 1.82) is 0 Å². The monoisotopic (exact) mass is 361 g/mol. The van der Waals surface area contributed by atoms with Crippen LogP contribution in [0.1, 0.15) is 31.0 Å². The first kappa shape index (κ1) is 16.8. The van der Waals surface area contributed by atoms with E-state index in [2.05, 4.69) is 95.6 Å². The number of fused-ring (bicyclic) bond motifs is 3. The average molecular weight is 361 g/mol. The van der Waals surface area contributed by atoms with Gasteiger partial charge in [-0.1, -0.05) is 56.3 Å². The second-order valence-electron chi connectivity index (χ2n) is 8.25. The highest BCUT2D eigenvalue weighted by molar-refractivity contribution is 5.61. The Bertz CT molecular complexity index is 842. The summed E-state index contributed by atoms with van der Waals surface area (Å²) in [5.74, 6) is 0. The summed E-state index contributed by atoms with van der Waals surface area (Å²) in [7, 11) is 0. The third-order valence-corrected chi connectivity index (χ3v) is 6.22. The molecule has 4 nitrogen and oxygen atoms in total. The van der Waals surface area contributed by atoms with Gasteiger partial charge in [0.1, 0.15) is 6.17 Å². The Morgan fingerprint density at radius 2 is 1.63 bits per heavy atom. The SMILES string of the molecule is CC1(C)[C@H](N2CCOCC2)N(c2ccccc2)N2C=Cc3ccccc3[C@@H]21. The molecule has 2 aromatic carbocycles. The summed E-state index contributed by atoms with van der Waals surface area (Å²) in [5, 5.41) is 4.96. The largest absolute Gasteiger partial charge is 0.379 e. The van der Waals surface area contributed by atoms with Crippen molar-refractivity contribution in [3.05, 3.63) is 71.9 Å². The van der Waals surface area contributed by atoms with Gasteiger partial charge in [0.15, 0.2) is 0 Å². The Hall–Kier alpha value is -2.30. The number of hydrogen-bond acceptors (Lipinski definition) is 4. The first-order valence-corrected chi connectivity index (χ1v) is 9.89. The minimum absolute atomic E-state index is 0.0496. The van der Waals surface area contributed by atoms with E-state index < -0.39 is 0 Å². The number of ether oxygens (including phenoxy) is 1. The maximum Gasteiger partial charge on any atom is 0.110 e. The van der Waals surface area contributed by atoms with Gasteiger partial charge in [-0.2, -0.15) is 0 Å². The zero-order valence-electron chi connectivity index (χ0n) is 16.1. The van der Waals surface area contributed by atoms with Crippen LogP contribution in [0, 0.1) is 5.41 Å². The van der Waals surface area contributed by atoms with Crippen LogP contribution in [0.5, 0.6) is 0 Å². The summed E-state index contributed by atoms with van der Waals surface area (Å²) in [5.41, 5.74) is 4.05. The molecule has 3 aliphatic rings. The first-order chi connectivity index (χ1) is 13.2. The van der Waals surface area contributed by atoms with Gasteiger partial charge in [-0.15, -0.1) is 0 Å². The van der Waals surface area contributed by atoms with E-state index in [1.54, 1.807) is 0 Å². The smallest absolute Gasteiger partial charge is 0.110 e. The number of para-hydroxylation sites is 1. The van der Waals surface area contributed by atoms with E-state index in [1.807, 2.05) is 0 Å². The lowest BCUT2D eigenvalue weighted by Crippen LogP contribution is -2.56. The summed E-state index contributed by atoms with van der Waals surface area (Å²) in [6, 6.07) is 19.9. The molecule has 0 unspecified atom stereocenters. The molecule has 4 heteroatoms. The van der Waals surface area contributed by atoms with Gasteiger partial charge in [-0.05, 0) is 29.3 Å². The molecule has 3 aliphatic heterocycles. The van der Waals surface area contributed by atoms with Gasteiger partial charge in [0.05, 0.1) is 24.9 Å². The molecule has 0 N–H and O–H groups in total. The molecule has 0 aliphatic carbocycles. The van der Waals surface area contributed by atoms with Crippen molar-refractivity contribution in [2.45, 2.75) is 26.1 Å². The van der Waals surface area contributed by atoms with E-state index in [9.17, 15) is 0 Å². The molecule has 0 saturated carbocycles. The molecular weight excluding hydrogens is 334 g/mol. The lowest BCUT2D eigenvalue weighted by Gasteiger charge is -2.43. The highest BCUT2D eigenvalue weighted by Gasteiger charge is 2.56. The predicted molar refractivity (Wildman–Crippen MR) is 109 cm³/mol. The van der Waals surface area contributed by atoms with Gasteiger partial charge in [0, 0.05) is 24.7 Å². The van der Waals surface area contributed by atoms with Crippen molar-refractivity contribution in [2.75, 3.05) is 31.3 Å². The number of hydrogen-bond donors (Lipinski definition) is 0. The Balaban J connectivity index is 1.66. The van der Waals surface area contributed by atoms with Crippen molar-refractivity contribution >= 4 is 11.8 Å². The molecule has 140 valence electrons. The zero-order chi connectivity index (χ0) is 18.4. The summed E-state index contributed by atoms with van der Waals surface area (Å²) >= 11 is 0. The van der Waals surface area contributed by atoms with Crippen molar-refractivity contribution in [3.63, 3.8) is 0 Å². The van der Waals surface area contributed by atoms with Gasteiger partial charge in [-0.3, -0.25) is 14.9 Å². The lowest BCUT2D eigenvalue weighted by atomic mass is 9.76. The predicted octanol–water partition coefficient (Wildman–Crippen LogP) is 4.13. The molecule has 2 atom stereocenters. The number of rotatable bonds is 2. The lowest BCUT2D eigenvalue weighted by molar-refractivity contribution is -0.00653. The van der Waals surface area contributed by atoms with Gasteiger partial charge >= 0.3 is 0 Å². The van der Waals surface area contributed by atoms with E-state index in [-0.39, 0.29) is 11.6 Å². The Morgan fingerprint density at radius 3 is 2.41 bits per heavy atom. The highest BCUT2D eigenvalue weighted by Crippen LogP contribution is 2.54. The fourth-order valence-electron chi connectivity index (χ4n) is 5.12. The van der Waals surface area contributed by atoms with E-state index in [4.69, 9.17) is 4.74 Å². The summed E-state index contributed by atoms with van der Waals surface area (Å²) in [6.45, 7) is 8.42. The minimum atomic E-state index is 0.0496. The van der Waals surface area contributed by atoms with Crippen LogP contribution in [-0.2, 0) is 4.74 Å². The maximum absolute atomic E-state index is 5.66. The Labute approximate surface area is 161 Å². The van der Waals surface area contributed by atoms with Crippen LogP contribution in [0.15, 0.2) is 60.8 Å². The molecule has 2 fully saturated rings. The zero-order valence-corrected chi connectivity index (χ0v) is 16.1. The quantitative estimate of drug-likeness (QED) is 0.800. The Kier molecular flexibility index (Phi) is 3.99. The number of hydrazine groups is 1. The van der Waals surface area contributed by atoms with Crippen LogP contribution in [0.2, 0.25) is 0 Å². The van der Waals surface area contributed by atoms with Crippen LogP contribution in [0.4, 0.5) is 5.69 Å². The van der Waals surface area contributed by atoms with E-state index >= 15 is 0 Å². The summed E-state index contributed by atoms with van der Waals surface area (Å²) in [4.78, 5) is 2.60. The minimum Gasteiger partial charge on any atom is -0.379 e. The standard InChI is InChI=1S/C23H27N3O/c1-23(2)21-20-11-7-6-8-18(20)12-13-25(21)26(19-9-4-3-5-10-19)22(23)24-14-16-27-17-15-24/h3-13,21-22H,14-17H2,1-2H3/t21-,22-/m1/s1. The third-order valence-electron chi connectivity index (χ3n) is 6.22. The molecule has 0 spiro atoms. The van der Waals surface area contributed by atoms with E-state index in [1.165, 1.54) is 16.8 Å². The van der Waals surface area contributed by atoms with Crippen LogP contribution in [0.3, 0.4) is 0 Å². The molecule has 0 aromatic heterocycles. The van der Waals surface area contributed by atoms with Gasteiger partial charge in [0.25, 0.3) is 0 Å². The number of morpholine rings is 1. The van der Waals surface area contributed by atoms with E-state index in [0.29, 0.717) is 6.04 Å². The molecule has 5 rings (SSSR count). The van der Waals surface area contributed by atoms with Crippen LogP contribution < -0.4 is 5.01 Å². The van der Waals surface area contributed by atoms with Crippen molar-refractivity contribution < 1.29 is 4.74 Å². The number of benzene rings is 2. The summed E-state index contributed by atoms with van der Waals surface area (Å²) in [6.07, 6.45) is 4.80. The third kappa shape index (κ3) is 2.59. The van der Waals surface area contributed by atoms with Crippen molar-refractivity contribution in [1.82, 2.24) is 9.91 Å². The second kappa shape index (κ2) is 6.39.